The van der Waals surface area contributed by atoms with Gasteiger partial charge in [-0.2, -0.15) is 0 Å². The average Bonchev–Trinajstić information content (AvgIpc) is 2.95. The number of aliphatic carboxylic acids is 1. The van der Waals surface area contributed by atoms with E-state index in [9.17, 15) is 24.9 Å². The zero-order valence-corrected chi connectivity index (χ0v) is 28.4. The van der Waals surface area contributed by atoms with Gasteiger partial charge in [-0.25, -0.2) is 4.79 Å². The summed E-state index contributed by atoms with van der Waals surface area (Å²) in [5, 5.41) is 30.2. The highest BCUT2D eigenvalue weighted by Crippen LogP contribution is 2.75. The van der Waals surface area contributed by atoms with Gasteiger partial charge in [0, 0.05) is 17.6 Å². The summed E-state index contributed by atoms with van der Waals surface area (Å²) >= 11 is 0. The minimum atomic E-state index is -0.624. The van der Waals surface area contributed by atoms with Gasteiger partial charge < -0.3 is 20.1 Å². The molecule has 6 nitrogen and oxygen atoms in total. The van der Waals surface area contributed by atoms with Gasteiger partial charge in [-0.1, -0.05) is 60.1 Å². The standard InChI is InChI=1S/C39H54O6/c1-23-12-17-39(34(43)44)19-18-37(6)28(33(39)24(23)2)9-10-30-36(5)15-14-31(35(3,4)29(36)13-16-38(30,37)7)45-32(42)11-8-25-20-26(40)22-27(41)21-25/h8-9,11,20-24,29-31,33,40-41H,10,12-19H2,1-7H3,(H,43,44)/b11-8+/t23-,24+,29+,30-,31+,33+,36+,37-,38-,39+/m1/s1. The molecule has 0 unspecified atom stereocenters. The summed E-state index contributed by atoms with van der Waals surface area (Å²) < 4.78 is 6.15. The number of carboxylic acid groups (broad SMARTS) is 1. The van der Waals surface area contributed by atoms with Gasteiger partial charge in [-0.15, -0.1) is 0 Å². The van der Waals surface area contributed by atoms with Crippen molar-refractivity contribution in [2.75, 3.05) is 0 Å². The number of esters is 1. The maximum atomic E-state index is 13.0. The molecule has 0 amide bonds. The summed E-state index contributed by atoms with van der Waals surface area (Å²) in [5.74, 6) is 0.792. The maximum absolute atomic E-state index is 13.0. The van der Waals surface area contributed by atoms with Gasteiger partial charge >= 0.3 is 11.9 Å². The molecular weight excluding hydrogens is 564 g/mol. The van der Waals surface area contributed by atoms with Crippen LogP contribution in [0.4, 0.5) is 0 Å². The monoisotopic (exact) mass is 618 g/mol. The fourth-order valence-corrected chi connectivity index (χ4v) is 12.1. The smallest absolute Gasteiger partial charge is 0.331 e. The molecule has 10 atom stereocenters. The van der Waals surface area contributed by atoms with Gasteiger partial charge in [0.25, 0.3) is 0 Å². The van der Waals surface area contributed by atoms with Gasteiger partial charge in [0.2, 0.25) is 0 Å². The Morgan fingerprint density at radius 2 is 1.56 bits per heavy atom. The predicted molar refractivity (Wildman–Crippen MR) is 175 cm³/mol. The van der Waals surface area contributed by atoms with Crippen molar-refractivity contribution in [3.8, 4) is 11.5 Å². The Balaban J connectivity index is 1.26. The number of benzene rings is 1. The molecule has 5 aliphatic carbocycles. The van der Waals surface area contributed by atoms with Crippen LogP contribution < -0.4 is 0 Å². The van der Waals surface area contributed by atoms with E-state index in [1.165, 1.54) is 29.8 Å². The minimum Gasteiger partial charge on any atom is -0.508 e. The molecule has 6 heteroatoms. The van der Waals surface area contributed by atoms with Gasteiger partial charge in [-0.3, -0.25) is 4.79 Å². The number of phenolic OH excluding ortho intramolecular Hbond substituents is 2. The van der Waals surface area contributed by atoms with Crippen LogP contribution >= 0.6 is 0 Å². The Kier molecular flexibility index (Phi) is 7.61. The van der Waals surface area contributed by atoms with E-state index >= 15 is 0 Å². The first kappa shape index (κ1) is 32.2. The van der Waals surface area contributed by atoms with E-state index in [4.69, 9.17) is 4.74 Å². The topological polar surface area (TPSA) is 104 Å². The van der Waals surface area contributed by atoms with Crippen LogP contribution in [0.3, 0.4) is 0 Å². The molecule has 0 saturated heterocycles. The summed E-state index contributed by atoms with van der Waals surface area (Å²) in [6.07, 6.45) is 13.8. The number of rotatable bonds is 4. The molecule has 0 radical (unpaired) electrons. The van der Waals surface area contributed by atoms with Crippen LogP contribution in [0.15, 0.2) is 35.9 Å². The van der Waals surface area contributed by atoms with E-state index in [-0.39, 0.29) is 45.2 Å². The number of fused-ring (bicyclic) bond motifs is 7. The first-order valence-electron chi connectivity index (χ1n) is 17.4. The Bertz CT molecular complexity index is 1420. The third-order valence-corrected chi connectivity index (χ3v) is 14.9. The first-order chi connectivity index (χ1) is 21.0. The number of carboxylic acids is 1. The predicted octanol–water partition coefficient (Wildman–Crippen LogP) is 8.77. The summed E-state index contributed by atoms with van der Waals surface area (Å²) in [6.45, 7) is 16.7. The van der Waals surface area contributed by atoms with Crippen molar-refractivity contribution < 1.29 is 29.6 Å². The molecule has 45 heavy (non-hydrogen) atoms. The van der Waals surface area contributed by atoms with Gasteiger partial charge in [0.15, 0.2) is 0 Å². The molecular formula is C39H54O6. The van der Waals surface area contributed by atoms with E-state index in [1.54, 1.807) is 6.08 Å². The lowest BCUT2D eigenvalue weighted by Gasteiger charge is -2.71. The Labute approximate surface area is 269 Å². The van der Waals surface area contributed by atoms with Gasteiger partial charge in [0.05, 0.1) is 5.41 Å². The molecule has 0 heterocycles. The van der Waals surface area contributed by atoms with Crippen LogP contribution in [-0.4, -0.2) is 33.4 Å². The second-order valence-corrected chi connectivity index (χ2v) is 17.0. The number of phenols is 2. The van der Waals surface area contributed by atoms with Crippen molar-refractivity contribution in [1.82, 2.24) is 0 Å². The van der Waals surface area contributed by atoms with E-state index < -0.39 is 17.4 Å². The van der Waals surface area contributed by atoms with Crippen molar-refractivity contribution in [3.63, 3.8) is 0 Å². The van der Waals surface area contributed by atoms with Crippen molar-refractivity contribution in [2.24, 2.45) is 56.7 Å². The van der Waals surface area contributed by atoms with Crippen LogP contribution in [0.25, 0.3) is 6.08 Å². The molecule has 5 aliphatic rings. The SMILES string of the molecule is C[C@H]1[C@H](C)CC[C@]2(C(=O)O)CC[C@]3(C)C(=CC[C@@H]4[C@@]5(C)CC[C@H](OC(=O)/C=C/c6cc(O)cc(O)c6)C(C)(C)[C@@H]5CC[C@]43C)[C@H]12. The van der Waals surface area contributed by atoms with E-state index in [1.807, 2.05) is 0 Å². The quantitative estimate of drug-likeness (QED) is 0.177. The molecule has 0 spiro atoms. The number of carbonyl (C=O) groups is 2. The van der Waals surface area contributed by atoms with E-state index in [2.05, 4.69) is 54.5 Å². The van der Waals surface area contributed by atoms with Crippen LogP contribution in [0, 0.1) is 56.7 Å². The zero-order chi connectivity index (χ0) is 32.7. The highest BCUT2D eigenvalue weighted by molar-refractivity contribution is 5.87. The van der Waals surface area contributed by atoms with Crippen LogP contribution in [0.5, 0.6) is 11.5 Å². The maximum Gasteiger partial charge on any atom is 0.331 e. The molecule has 0 aromatic heterocycles. The number of aromatic hydroxyl groups is 2. The molecule has 0 aliphatic heterocycles. The molecule has 4 fully saturated rings. The number of hydrogen-bond donors (Lipinski definition) is 3. The summed E-state index contributed by atoms with van der Waals surface area (Å²) in [4.78, 5) is 26.0. The number of carbonyl (C=O) groups excluding carboxylic acids is 1. The first-order valence-corrected chi connectivity index (χ1v) is 17.4. The fourth-order valence-electron chi connectivity index (χ4n) is 12.1. The second kappa shape index (κ2) is 10.6. The Hall–Kier alpha value is -2.76. The fraction of sp³-hybridized carbons (Fsp3) is 0.692. The second-order valence-electron chi connectivity index (χ2n) is 17.0. The third-order valence-electron chi connectivity index (χ3n) is 14.9. The molecule has 3 N–H and O–H groups in total. The molecule has 246 valence electrons. The summed E-state index contributed by atoms with van der Waals surface area (Å²) in [6, 6.07) is 4.24. The third kappa shape index (κ3) is 4.62. The van der Waals surface area contributed by atoms with Crippen molar-refractivity contribution >= 4 is 18.0 Å². The largest absolute Gasteiger partial charge is 0.508 e. The average molecular weight is 619 g/mol. The lowest BCUT2D eigenvalue weighted by Crippen LogP contribution is -2.65. The lowest BCUT2D eigenvalue weighted by molar-refractivity contribution is -0.213. The number of allylic oxidation sites excluding steroid dienone is 2. The van der Waals surface area contributed by atoms with Gasteiger partial charge in [0.1, 0.15) is 17.6 Å². The Morgan fingerprint density at radius 3 is 2.22 bits per heavy atom. The minimum absolute atomic E-state index is 0.0165. The number of hydrogen-bond acceptors (Lipinski definition) is 5. The molecule has 4 saturated carbocycles. The van der Waals surface area contributed by atoms with Crippen LogP contribution in [-0.2, 0) is 14.3 Å². The number of ether oxygens (including phenoxy) is 1. The van der Waals surface area contributed by atoms with Crippen molar-refractivity contribution in [3.05, 3.63) is 41.5 Å². The molecule has 1 aromatic carbocycles. The molecule has 0 bridgehead atoms. The van der Waals surface area contributed by atoms with Crippen molar-refractivity contribution in [2.45, 2.75) is 112 Å². The van der Waals surface area contributed by atoms with Crippen LogP contribution in [0.2, 0.25) is 0 Å². The summed E-state index contributed by atoms with van der Waals surface area (Å²) in [5.41, 5.74) is 1.33. The molecule has 1 aromatic rings. The molecule has 6 rings (SSSR count). The zero-order valence-electron chi connectivity index (χ0n) is 28.4. The van der Waals surface area contributed by atoms with Gasteiger partial charge in [-0.05, 0) is 127 Å². The highest BCUT2D eigenvalue weighted by atomic mass is 16.5. The van der Waals surface area contributed by atoms with E-state index in [0.29, 0.717) is 29.2 Å². The lowest BCUT2D eigenvalue weighted by atomic mass is 9.33. The van der Waals surface area contributed by atoms with Crippen molar-refractivity contribution in [1.29, 1.82) is 0 Å². The van der Waals surface area contributed by atoms with Crippen LogP contribution in [0.1, 0.15) is 112 Å². The summed E-state index contributed by atoms with van der Waals surface area (Å²) in [7, 11) is 0. The Morgan fingerprint density at radius 1 is 0.867 bits per heavy atom. The van der Waals surface area contributed by atoms with E-state index in [0.717, 1.165) is 57.8 Å². The normalized spacial score (nSPS) is 43.7. The highest BCUT2D eigenvalue weighted by Gasteiger charge is 2.69.